The third-order valence-corrected chi connectivity index (χ3v) is 4.20. The molecular weight excluding hydrogens is 425 g/mol. The minimum atomic E-state index is -4.75. The van der Waals surface area contributed by atoms with E-state index in [9.17, 15) is 22.8 Å². The second-order valence-electron chi connectivity index (χ2n) is 6.59. The maximum atomic E-state index is 13.4. The van der Waals surface area contributed by atoms with Gasteiger partial charge in [-0.3, -0.25) is 14.6 Å². The van der Waals surface area contributed by atoms with Gasteiger partial charge in [0.05, 0.1) is 23.2 Å². The molecule has 0 atom stereocenters. The molecule has 0 aliphatic rings. The second kappa shape index (κ2) is 9.25. The van der Waals surface area contributed by atoms with Crippen molar-refractivity contribution < 1.29 is 18.0 Å². The minimum absolute atomic E-state index is 0.00710. The monoisotopic (exact) mass is 442 g/mol. The molecule has 0 fully saturated rings. The van der Waals surface area contributed by atoms with Gasteiger partial charge in [0.15, 0.2) is 0 Å². The predicted molar refractivity (Wildman–Crippen MR) is 113 cm³/mol. The Kier molecular flexibility index (Phi) is 6.47. The van der Waals surface area contributed by atoms with E-state index in [1.54, 1.807) is 0 Å². The lowest BCUT2D eigenvalue weighted by Gasteiger charge is -2.15. The highest BCUT2D eigenvalue weighted by Gasteiger charge is 2.34. The molecule has 0 aromatic carbocycles. The minimum Gasteiger partial charge on any atom is -0.350 e. The summed E-state index contributed by atoms with van der Waals surface area (Å²) >= 11 is 0. The Bertz CT molecular complexity index is 1220. The van der Waals surface area contributed by atoms with Crippen molar-refractivity contribution in [3.8, 4) is 0 Å². The highest BCUT2D eigenvalue weighted by Crippen LogP contribution is 2.27. The van der Waals surface area contributed by atoms with Gasteiger partial charge in [-0.25, -0.2) is 4.98 Å². The van der Waals surface area contributed by atoms with Crippen LogP contribution in [0.4, 0.5) is 24.7 Å². The molecule has 3 aromatic heterocycles. The molecule has 3 N–H and O–H groups in total. The summed E-state index contributed by atoms with van der Waals surface area (Å²) in [5.41, 5.74) is -1.35. The maximum absolute atomic E-state index is 13.4. The summed E-state index contributed by atoms with van der Waals surface area (Å²) in [7, 11) is 1.50. The number of nitrogens with zero attached hydrogens (tertiary/aromatic N) is 3. The molecule has 164 valence electrons. The van der Waals surface area contributed by atoms with Crippen LogP contribution in [-0.2, 0) is 7.05 Å². The van der Waals surface area contributed by atoms with Crippen molar-refractivity contribution >= 4 is 23.1 Å². The van der Waals surface area contributed by atoms with Gasteiger partial charge in [-0.05, 0) is 36.4 Å². The highest BCUT2D eigenvalue weighted by atomic mass is 19.4. The van der Waals surface area contributed by atoms with Gasteiger partial charge in [0, 0.05) is 37.3 Å². The van der Waals surface area contributed by atoms with Crippen molar-refractivity contribution in [2.75, 3.05) is 10.6 Å². The average Bonchev–Trinajstić information content (AvgIpc) is 2.76. The standard InChI is InChI=1S/C21H17F3N6O2/c1-30-12-14(4-7-19(30)31)20(32)29-18-6-5-15(11-27-18)28-17(21(22,23)24)9-16(25)13-3-2-8-26-10-13/h2-12,25,28H,1H3,(H,27,29,32)/b17-9-,25-16?. The first-order valence-electron chi connectivity index (χ1n) is 9.12. The maximum Gasteiger partial charge on any atom is 0.431 e. The number of halogens is 3. The molecule has 32 heavy (non-hydrogen) atoms. The van der Waals surface area contributed by atoms with Gasteiger partial charge in [-0.1, -0.05) is 0 Å². The Morgan fingerprint density at radius 1 is 1.09 bits per heavy atom. The molecule has 3 aromatic rings. The summed E-state index contributed by atoms with van der Waals surface area (Å²) in [5.74, 6) is -0.426. The van der Waals surface area contributed by atoms with Crippen LogP contribution >= 0.6 is 0 Å². The van der Waals surface area contributed by atoms with Crippen LogP contribution in [0.1, 0.15) is 15.9 Å². The smallest absolute Gasteiger partial charge is 0.350 e. The number of aromatic nitrogens is 3. The van der Waals surface area contributed by atoms with Crippen LogP contribution in [0.3, 0.4) is 0 Å². The summed E-state index contributed by atoms with van der Waals surface area (Å²) in [5, 5.41) is 12.6. The first-order valence-corrected chi connectivity index (χ1v) is 9.12. The molecule has 0 radical (unpaired) electrons. The van der Waals surface area contributed by atoms with Crippen LogP contribution in [-0.4, -0.2) is 32.3 Å². The number of aryl methyl sites for hydroxylation is 1. The summed E-state index contributed by atoms with van der Waals surface area (Å²) in [6, 6.07) is 8.21. The van der Waals surface area contributed by atoms with Crippen molar-refractivity contribution in [1.82, 2.24) is 14.5 Å². The molecule has 0 saturated heterocycles. The summed E-state index contributed by atoms with van der Waals surface area (Å²) in [6.07, 6.45) is 1.12. The summed E-state index contributed by atoms with van der Waals surface area (Å²) in [4.78, 5) is 31.4. The van der Waals surface area contributed by atoms with Gasteiger partial charge in [0.2, 0.25) is 5.56 Å². The van der Waals surface area contributed by atoms with Gasteiger partial charge in [0.1, 0.15) is 11.5 Å². The predicted octanol–water partition coefficient (Wildman–Crippen LogP) is 3.35. The lowest BCUT2D eigenvalue weighted by molar-refractivity contribution is -0.0901. The van der Waals surface area contributed by atoms with Crippen molar-refractivity contribution in [2.45, 2.75) is 6.18 Å². The number of carbonyl (C=O) groups excluding carboxylic acids is 1. The van der Waals surface area contributed by atoms with Gasteiger partial charge in [-0.15, -0.1) is 0 Å². The Hall–Kier alpha value is -4.28. The fraction of sp³-hybridized carbons (Fsp3) is 0.0952. The molecule has 8 nitrogen and oxygen atoms in total. The lowest BCUT2D eigenvalue weighted by atomic mass is 10.1. The van der Waals surface area contributed by atoms with E-state index in [1.807, 2.05) is 0 Å². The van der Waals surface area contributed by atoms with E-state index >= 15 is 0 Å². The van der Waals surface area contributed by atoms with Crippen molar-refractivity contribution in [3.63, 3.8) is 0 Å². The highest BCUT2D eigenvalue weighted by molar-refractivity contribution is 6.07. The number of amides is 1. The average molecular weight is 442 g/mol. The zero-order valence-corrected chi connectivity index (χ0v) is 16.6. The van der Waals surface area contributed by atoms with E-state index in [0.717, 1.165) is 6.20 Å². The summed E-state index contributed by atoms with van der Waals surface area (Å²) < 4.78 is 41.6. The van der Waals surface area contributed by atoms with Crippen LogP contribution in [0, 0.1) is 5.41 Å². The van der Waals surface area contributed by atoms with E-state index in [2.05, 4.69) is 20.6 Å². The van der Waals surface area contributed by atoms with Crippen molar-refractivity contribution in [2.24, 2.45) is 7.05 Å². The molecule has 3 rings (SSSR count). The van der Waals surface area contributed by atoms with E-state index in [4.69, 9.17) is 5.41 Å². The number of hydrogen-bond acceptors (Lipinski definition) is 6. The normalized spacial score (nSPS) is 11.7. The molecule has 1 amide bonds. The number of nitrogens with one attached hydrogen (secondary N) is 3. The van der Waals surface area contributed by atoms with Crippen LogP contribution in [0.15, 0.2) is 77.8 Å². The van der Waals surface area contributed by atoms with Gasteiger partial charge < -0.3 is 20.6 Å². The molecule has 0 aliphatic carbocycles. The van der Waals surface area contributed by atoms with E-state index < -0.39 is 17.8 Å². The number of alkyl halides is 3. The van der Waals surface area contributed by atoms with Crippen molar-refractivity contribution in [1.29, 1.82) is 5.41 Å². The van der Waals surface area contributed by atoms with Crippen LogP contribution in [0.25, 0.3) is 0 Å². The zero-order chi connectivity index (χ0) is 23.3. The molecule has 0 saturated carbocycles. The topological polar surface area (TPSA) is 113 Å². The zero-order valence-electron chi connectivity index (χ0n) is 16.6. The second-order valence-corrected chi connectivity index (χ2v) is 6.59. The number of pyridine rings is 3. The Morgan fingerprint density at radius 3 is 2.47 bits per heavy atom. The number of allylic oxidation sites excluding steroid dienone is 2. The molecular formula is C21H17F3N6O2. The Balaban J connectivity index is 1.74. The number of rotatable bonds is 6. The van der Waals surface area contributed by atoms with Crippen molar-refractivity contribution in [3.05, 3.63) is 94.4 Å². The molecule has 3 heterocycles. The third-order valence-electron chi connectivity index (χ3n) is 4.20. The van der Waals surface area contributed by atoms with E-state index in [0.29, 0.717) is 6.08 Å². The van der Waals surface area contributed by atoms with Crippen LogP contribution < -0.4 is 16.2 Å². The first-order chi connectivity index (χ1) is 15.1. The molecule has 0 unspecified atom stereocenters. The summed E-state index contributed by atoms with van der Waals surface area (Å²) in [6.45, 7) is 0. The fourth-order valence-corrected chi connectivity index (χ4v) is 2.55. The van der Waals surface area contributed by atoms with Crippen LogP contribution in [0.2, 0.25) is 0 Å². The SMILES string of the molecule is Cn1cc(C(=O)Nc2ccc(N/C(=C\C(=N)c3cccnc3)C(F)(F)F)cn2)ccc1=O. The Labute approximate surface area is 180 Å². The molecule has 0 aliphatic heterocycles. The fourth-order valence-electron chi connectivity index (χ4n) is 2.55. The third kappa shape index (κ3) is 5.65. The van der Waals surface area contributed by atoms with E-state index in [-0.39, 0.29) is 33.9 Å². The van der Waals surface area contributed by atoms with Gasteiger partial charge >= 0.3 is 6.18 Å². The van der Waals surface area contributed by atoms with E-state index in [1.165, 1.54) is 66.6 Å². The molecule has 0 bridgehead atoms. The number of carbonyl (C=O) groups is 1. The first kappa shape index (κ1) is 22.4. The molecule has 11 heteroatoms. The van der Waals surface area contributed by atoms with Gasteiger partial charge in [-0.2, -0.15) is 13.2 Å². The molecule has 0 spiro atoms. The Morgan fingerprint density at radius 2 is 1.88 bits per heavy atom. The van der Waals surface area contributed by atoms with Crippen LogP contribution in [0.5, 0.6) is 0 Å². The number of anilines is 2. The number of hydrogen-bond donors (Lipinski definition) is 3. The largest absolute Gasteiger partial charge is 0.431 e. The quantitative estimate of drug-likeness (QED) is 0.507. The van der Waals surface area contributed by atoms with Gasteiger partial charge in [0.25, 0.3) is 5.91 Å². The lowest BCUT2D eigenvalue weighted by Crippen LogP contribution is -2.21.